The van der Waals surface area contributed by atoms with Crippen LogP contribution in [0.2, 0.25) is 0 Å². The number of piperidine rings is 1. The molecule has 0 saturated carbocycles. The number of benzene rings is 1. The number of nitrogens with zero attached hydrogens (tertiary/aromatic N) is 1. The average Bonchev–Trinajstić information content (AvgIpc) is 2.84. The van der Waals surface area contributed by atoms with Crippen LogP contribution >= 0.6 is 0 Å². The summed E-state index contributed by atoms with van der Waals surface area (Å²) in [7, 11) is 0. The van der Waals surface area contributed by atoms with Crippen molar-refractivity contribution in [2.45, 2.75) is 45.1 Å². The molecular weight excluding hydrogens is 323 g/mol. The molecule has 2 fully saturated rings. The number of amides is 2. The summed E-state index contributed by atoms with van der Waals surface area (Å²) >= 11 is 0. The van der Waals surface area contributed by atoms with Crippen LogP contribution in [-0.2, 0) is 9.53 Å². The third kappa shape index (κ3) is 3.48. The van der Waals surface area contributed by atoms with Gasteiger partial charge in [0.2, 0.25) is 5.91 Å². The number of rotatable bonds is 1. The van der Waals surface area contributed by atoms with Crippen molar-refractivity contribution >= 4 is 12.0 Å². The average molecular weight is 348 g/mol. The highest BCUT2D eigenvalue weighted by atomic mass is 19.1. The van der Waals surface area contributed by atoms with E-state index in [0.29, 0.717) is 32.5 Å². The van der Waals surface area contributed by atoms with E-state index in [-0.39, 0.29) is 23.7 Å². The third-order valence-electron chi connectivity index (χ3n) is 5.17. The van der Waals surface area contributed by atoms with Gasteiger partial charge < -0.3 is 15.0 Å². The molecule has 1 aromatic rings. The summed E-state index contributed by atoms with van der Waals surface area (Å²) in [5.74, 6) is -0.248. The molecule has 1 spiro atoms. The van der Waals surface area contributed by atoms with Crippen LogP contribution in [-0.4, -0.2) is 42.1 Å². The lowest BCUT2D eigenvalue weighted by Gasteiger charge is -2.41. The first kappa shape index (κ1) is 17.7. The Labute approximate surface area is 147 Å². The van der Waals surface area contributed by atoms with Gasteiger partial charge in [0.15, 0.2) is 0 Å². The van der Waals surface area contributed by atoms with Gasteiger partial charge in [-0.1, -0.05) is 12.1 Å². The lowest BCUT2D eigenvalue weighted by atomic mass is 9.68. The molecule has 2 aliphatic rings. The molecule has 1 aromatic carbocycles. The first-order valence-corrected chi connectivity index (χ1v) is 8.73. The van der Waals surface area contributed by atoms with Crippen LogP contribution in [0.4, 0.5) is 9.18 Å². The summed E-state index contributed by atoms with van der Waals surface area (Å²) in [6.45, 7) is 7.04. The summed E-state index contributed by atoms with van der Waals surface area (Å²) in [6.07, 6.45) is 0.833. The maximum Gasteiger partial charge on any atom is 0.410 e. The number of halogens is 1. The Hall–Kier alpha value is -2.11. The van der Waals surface area contributed by atoms with Crippen LogP contribution in [0.25, 0.3) is 0 Å². The van der Waals surface area contributed by atoms with Gasteiger partial charge in [-0.3, -0.25) is 4.79 Å². The van der Waals surface area contributed by atoms with Gasteiger partial charge in [-0.05, 0) is 51.3 Å². The summed E-state index contributed by atoms with van der Waals surface area (Å²) in [6, 6.07) is 6.37. The Kier molecular flexibility index (Phi) is 4.47. The summed E-state index contributed by atoms with van der Waals surface area (Å²) in [5, 5.41) is 2.96. The highest BCUT2D eigenvalue weighted by Crippen LogP contribution is 2.47. The molecule has 1 unspecified atom stereocenters. The van der Waals surface area contributed by atoms with E-state index in [1.165, 1.54) is 12.1 Å². The molecule has 25 heavy (non-hydrogen) atoms. The Morgan fingerprint density at radius 1 is 1.24 bits per heavy atom. The van der Waals surface area contributed by atoms with Gasteiger partial charge in [0.25, 0.3) is 0 Å². The first-order chi connectivity index (χ1) is 11.7. The van der Waals surface area contributed by atoms with Crippen molar-refractivity contribution in [3.63, 3.8) is 0 Å². The molecule has 136 valence electrons. The van der Waals surface area contributed by atoms with Crippen LogP contribution in [0.15, 0.2) is 24.3 Å². The van der Waals surface area contributed by atoms with Crippen LogP contribution < -0.4 is 5.32 Å². The van der Waals surface area contributed by atoms with Crippen molar-refractivity contribution in [1.82, 2.24) is 10.2 Å². The predicted molar refractivity (Wildman–Crippen MR) is 91.6 cm³/mol. The lowest BCUT2D eigenvalue weighted by Crippen LogP contribution is -2.49. The summed E-state index contributed by atoms with van der Waals surface area (Å²) in [5.41, 5.74) is -0.102. The Bertz CT molecular complexity index is 658. The largest absolute Gasteiger partial charge is 0.444 e. The van der Waals surface area contributed by atoms with Gasteiger partial charge in [0.1, 0.15) is 11.4 Å². The monoisotopic (exact) mass is 348 g/mol. The van der Waals surface area contributed by atoms with Gasteiger partial charge in [-0.15, -0.1) is 0 Å². The van der Waals surface area contributed by atoms with E-state index in [9.17, 15) is 14.0 Å². The van der Waals surface area contributed by atoms with E-state index in [1.54, 1.807) is 17.0 Å². The SMILES string of the molecule is CC(C)(C)OC(=O)N1CCC2(CC1)C(=O)NCC2c1ccc(F)cc1. The third-order valence-corrected chi connectivity index (χ3v) is 5.17. The Morgan fingerprint density at radius 2 is 1.84 bits per heavy atom. The van der Waals surface area contributed by atoms with E-state index in [0.717, 1.165) is 5.56 Å². The van der Waals surface area contributed by atoms with Crippen molar-refractivity contribution in [2.75, 3.05) is 19.6 Å². The van der Waals surface area contributed by atoms with E-state index < -0.39 is 11.0 Å². The second-order valence-electron chi connectivity index (χ2n) is 7.94. The molecule has 6 heteroatoms. The minimum atomic E-state index is -0.534. The molecule has 2 heterocycles. The Morgan fingerprint density at radius 3 is 2.40 bits per heavy atom. The maximum atomic E-state index is 13.2. The van der Waals surface area contributed by atoms with Crippen molar-refractivity contribution < 1.29 is 18.7 Å². The topological polar surface area (TPSA) is 58.6 Å². The van der Waals surface area contributed by atoms with E-state index >= 15 is 0 Å². The van der Waals surface area contributed by atoms with Crippen molar-refractivity contribution in [3.8, 4) is 0 Å². The summed E-state index contributed by atoms with van der Waals surface area (Å²) in [4.78, 5) is 26.5. The smallest absolute Gasteiger partial charge is 0.410 e. The molecule has 2 aliphatic heterocycles. The Balaban J connectivity index is 1.74. The first-order valence-electron chi connectivity index (χ1n) is 8.73. The molecule has 1 atom stereocenters. The number of carbonyl (C=O) groups excluding carboxylic acids is 2. The molecule has 5 nitrogen and oxygen atoms in total. The molecule has 2 saturated heterocycles. The summed E-state index contributed by atoms with van der Waals surface area (Å²) < 4.78 is 18.6. The molecular formula is C19H25FN2O3. The minimum absolute atomic E-state index is 0.00128. The zero-order chi connectivity index (χ0) is 18.2. The fourth-order valence-corrected chi connectivity index (χ4v) is 3.85. The highest BCUT2D eigenvalue weighted by Gasteiger charge is 2.52. The molecule has 2 amide bonds. The number of carbonyl (C=O) groups is 2. The molecule has 0 aliphatic carbocycles. The quantitative estimate of drug-likeness (QED) is 0.849. The van der Waals surface area contributed by atoms with Gasteiger partial charge in [-0.2, -0.15) is 0 Å². The fraction of sp³-hybridized carbons (Fsp3) is 0.579. The molecule has 3 rings (SSSR count). The fourth-order valence-electron chi connectivity index (χ4n) is 3.85. The van der Waals surface area contributed by atoms with E-state index in [1.807, 2.05) is 20.8 Å². The number of hydrogen-bond donors (Lipinski definition) is 1. The number of nitrogens with one attached hydrogen (secondary N) is 1. The van der Waals surface area contributed by atoms with Crippen molar-refractivity contribution in [1.29, 1.82) is 0 Å². The van der Waals surface area contributed by atoms with Crippen LogP contribution in [0, 0.1) is 11.2 Å². The van der Waals surface area contributed by atoms with Crippen LogP contribution in [0.1, 0.15) is 45.1 Å². The second kappa shape index (κ2) is 6.32. The second-order valence-corrected chi connectivity index (χ2v) is 7.94. The highest BCUT2D eigenvalue weighted by molar-refractivity contribution is 5.87. The normalized spacial score (nSPS) is 22.8. The predicted octanol–water partition coefficient (Wildman–Crippen LogP) is 3.06. The van der Waals surface area contributed by atoms with Gasteiger partial charge >= 0.3 is 6.09 Å². The number of ether oxygens (including phenoxy) is 1. The molecule has 0 aromatic heterocycles. The zero-order valence-electron chi connectivity index (χ0n) is 15.0. The lowest BCUT2D eigenvalue weighted by molar-refractivity contribution is -0.130. The standard InChI is InChI=1S/C19H25FN2O3/c1-18(2,3)25-17(24)22-10-8-19(9-11-22)15(12-21-16(19)23)13-4-6-14(20)7-5-13/h4-7,15H,8-12H2,1-3H3,(H,21,23). The van der Waals surface area contributed by atoms with Crippen LogP contribution in [0.5, 0.6) is 0 Å². The minimum Gasteiger partial charge on any atom is -0.444 e. The van der Waals surface area contributed by atoms with Gasteiger partial charge in [0, 0.05) is 25.6 Å². The van der Waals surface area contributed by atoms with Crippen LogP contribution in [0.3, 0.4) is 0 Å². The number of hydrogen-bond acceptors (Lipinski definition) is 3. The van der Waals surface area contributed by atoms with Crippen molar-refractivity contribution in [2.24, 2.45) is 5.41 Å². The molecule has 1 N–H and O–H groups in total. The molecule has 0 radical (unpaired) electrons. The van der Waals surface area contributed by atoms with Gasteiger partial charge in [0.05, 0.1) is 5.41 Å². The molecule has 0 bridgehead atoms. The maximum absolute atomic E-state index is 13.2. The van der Waals surface area contributed by atoms with Crippen molar-refractivity contribution in [3.05, 3.63) is 35.6 Å². The van der Waals surface area contributed by atoms with Gasteiger partial charge in [-0.25, -0.2) is 9.18 Å². The van der Waals surface area contributed by atoms with E-state index in [2.05, 4.69) is 5.32 Å². The van der Waals surface area contributed by atoms with E-state index in [4.69, 9.17) is 4.74 Å². The zero-order valence-corrected chi connectivity index (χ0v) is 15.0. The number of likely N-dealkylation sites (tertiary alicyclic amines) is 1.